The summed E-state index contributed by atoms with van der Waals surface area (Å²) in [6.45, 7) is 5.52. The summed E-state index contributed by atoms with van der Waals surface area (Å²) in [5, 5.41) is 0. The summed E-state index contributed by atoms with van der Waals surface area (Å²) < 4.78 is 2.32. The Morgan fingerprint density at radius 1 is 1.44 bits per heavy atom. The summed E-state index contributed by atoms with van der Waals surface area (Å²) in [7, 11) is 0. The van der Waals surface area contributed by atoms with Crippen molar-refractivity contribution in [3.63, 3.8) is 0 Å². The molecule has 18 heavy (non-hydrogen) atoms. The third-order valence-corrected chi connectivity index (χ3v) is 4.24. The van der Waals surface area contributed by atoms with Gasteiger partial charge in [0.25, 0.3) is 0 Å². The fourth-order valence-electron chi connectivity index (χ4n) is 2.69. The third-order valence-electron chi connectivity index (χ3n) is 4.00. The number of hydrogen-bond donors (Lipinski definition) is 0. The molecule has 0 N–H and O–H groups in total. The van der Waals surface area contributed by atoms with E-state index < -0.39 is 0 Å². The Morgan fingerprint density at radius 3 is 2.89 bits per heavy atom. The lowest BCUT2D eigenvalue weighted by molar-refractivity contribution is 0.431. The summed E-state index contributed by atoms with van der Waals surface area (Å²) in [6, 6.07) is 6.43. The van der Waals surface area contributed by atoms with Gasteiger partial charge in [0.2, 0.25) is 0 Å². The number of rotatable bonds is 4. The summed E-state index contributed by atoms with van der Waals surface area (Å²) in [5.41, 5.74) is 3.58. The van der Waals surface area contributed by atoms with Gasteiger partial charge in [0.15, 0.2) is 0 Å². The number of alkyl halides is 1. The molecule has 3 rings (SSSR count). The van der Waals surface area contributed by atoms with Crippen LogP contribution in [0.5, 0.6) is 0 Å². The molecule has 2 nitrogen and oxygen atoms in total. The Kier molecular flexibility index (Phi) is 3.06. The molecule has 0 saturated heterocycles. The van der Waals surface area contributed by atoms with E-state index in [4.69, 9.17) is 11.6 Å². The minimum Gasteiger partial charge on any atom is -0.327 e. The van der Waals surface area contributed by atoms with E-state index in [2.05, 4.69) is 41.6 Å². The minimum atomic E-state index is 0.491. The highest BCUT2D eigenvalue weighted by atomic mass is 35.5. The van der Waals surface area contributed by atoms with Crippen LogP contribution in [0.15, 0.2) is 18.2 Å². The van der Waals surface area contributed by atoms with Crippen molar-refractivity contribution in [2.75, 3.05) is 0 Å². The molecule has 1 aromatic heterocycles. The Morgan fingerprint density at radius 2 is 2.22 bits per heavy atom. The van der Waals surface area contributed by atoms with Gasteiger partial charge in [-0.1, -0.05) is 13.0 Å². The standard InChI is InChI=1S/C15H19ClN2/c1-10-3-6-13-14(7-10)18(15(8-16)17-13)9-11(2)12-4-5-12/h3,6-7,11-12H,4-5,8-9H2,1-2H3. The quantitative estimate of drug-likeness (QED) is 0.758. The average Bonchev–Trinajstić information content (AvgIpc) is 3.15. The molecule has 0 spiro atoms. The monoisotopic (exact) mass is 262 g/mol. The molecule has 1 aliphatic carbocycles. The topological polar surface area (TPSA) is 17.8 Å². The highest BCUT2D eigenvalue weighted by Crippen LogP contribution is 2.38. The van der Waals surface area contributed by atoms with Crippen molar-refractivity contribution in [3.05, 3.63) is 29.6 Å². The second kappa shape index (κ2) is 4.58. The zero-order valence-electron chi connectivity index (χ0n) is 11.0. The van der Waals surface area contributed by atoms with Crippen LogP contribution in [-0.4, -0.2) is 9.55 Å². The molecule has 0 bridgehead atoms. The average molecular weight is 263 g/mol. The van der Waals surface area contributed by atoms with Crippen LogP contribution in [0.4, 0.5) is 0 Å². The Bertz CT molecular complexity index is 569. The maximum Gasteiger partial charge on any atom is 0.124 e. The van der Waals surface area contributed by atoms with Gasteiger partial charge in [-0.05, 0) is 49.3 Å². The van der Waals surface area contributed by atoms with Crippen LogP contribution in [0, 0.1) is 18.8 Å². The summed E-state index contributed by atoms with van der Waals surface area (Å²) >= 11 is 6.04. The number of nitrogens with zero attached hydrogens (tertiary/aromatic N) is 2. The zero-order valence-corrected chi connectivity index (χ0v) is 11.7. The molecule has 1 aromatic carbocycles. The van der Waals surface area contributed by atoms with Crippen LogP contribution in [0.3, 0.4) is 0 Å². The van der Waals surface area contributed by atoms with E-state index in [0.29, 0.717) is 5.88 Å². The van der Waals surface area contributed by atoms with Crippen LogP contribution in [-0.2, 0) is 12.4 Å². The van der Waals surface area contributed by atoms with Gasteiger partial charge in [0.1, 0.15) is 5.82 Å². The van der Waals surface area contributed by atoms with Gasteiger partial charge in [-0.15, -0.1) is 11.6 Å². The van der Waals surface area contributed by atoms with Crippen LogP contribution in [0.2, 0.25) is 0 Å². The minimum absolute atomic E-state index is 0.491. The predicted molar refractivity (Wildman–Crippen MR) is 75.9 cm³/mol. The lowest BCUT2D eigenvalue weighted by Gasteiger charge is -2.14. The van der Waals surface area contributed by atoms with Crippen LogP contribution in [0.25, 0.3) is 11.0 Å². The Balaban J connectivity index is 2.03. The van der Waals surface area contributed by atoms with E-state index in [1.165, 1.54) is 23.9 Å². The Hall–Kier alpha value is -1.02. The second-order valence-corrected chi connectivity index (χ2v) is 5.85. The molecule has 1 heterocycles. The van der Waals surface area contributed by atoms with Crippen molar-refractivity contribution in [1.29, 1.82) is 0 Å². The number of imidazole rings is 1. The largest absolute Gasteiger partial charge is 0.327 e. The predicted octanol–water partition coefficient (Wildman–Crippen LogP) is 4.13. The first kappa shape index (κ1) is 12.0. The van der Waals surface area contributed by atoms with Crippen molar-refractivity contribution >= 4 is 22.6 Å². The number of fused-ring (bicyclic) bond motifs is 1. The highest BCUT2D eigenvalue weighted by Gasteiger charge is 2.28. The van der Waals surface area contributed by atoms with Gasteiger partial charge >= 0.3 is 0 Å². The molecule has 0 aliphatic heterocycles. The number of hydrogen-bond acceptors (Lipinski definition) is 1. The smallest absolute Gasteiger partial charge is 0.124 e. The maximum absolute atomic E-state index is 6.04. The van der Waals surface area contributed by atoms with E-state index in [0.717, 1.165) is 29.7 Å². The van der Waals surface area contributed by atoms with Gasteiger partial charge in [0.05, 0.1) is 16.9 Å². The van der Waals surface area contributed by atoms with E-state index in [9.17, 15) is 0 Å². The highest BCUT2D eigenvalue weighted by molar-refractivity contribution is 6.16. The first-order chi connectivity index (χ1) is 8.69. The lowest BCUT2D eigenvalue weighted by atomic mass is 10.1. The van der Waals surface area contributed by atoms with E-state index >= 15 is 0 Å². The fourth-order valence-corrected chi connectivity index (χ4v) is 2.89. The SMILES string of the molecule is Cc1ccc2nc(CCl)n(CC(C)C3CC3)c2c1. The molecule has 1 unspecified atom stereocenters. The molecular weight excluding hydrogens is 244 g/mol. The maximum atomic E-state index is 6.04. The number of aryl methyl sites for hydroxylation is 1. The van der Waals surface area contributed by atoms with Crippen LogP contribution in [0.1, 0.15) is 31.2 Å². The third kappa shape index (κ3) is 2.14. The zero-order chi connectivity index (χ0) is 12.7. The second-order valence-electron chi connectivity index (χ2n) is 5.58. The van der Waals surface area contributed by atoms with Crippen molar-refractivity contribution in [3.8, 4) is 0 Å². The van der Waals surface area contributed by atoms with Crippen LogP contribution < -0.4 is 0 Å². The Labute approximate surface area is 113 Å². The van der Waals surface area contributed by atoms with E-state index in [1.807, 2.05) is 0 Å². The number of aromatic nitrogens is 2. The molecule has 0 amide bonds. The summed E-state index contributed by atoms with van der Waals surface area (Å²) in [4.78, 5) is 4.64. The first-order valence-electron chi connectivity index (χ1n) is 6.70. The van der Waals surface area contributed by atoms with Crippen molar-refractivity contribution in [2.24, 2.45) is 11.8 Å². The first-order valence-corrected chi connectivity index (χ1v) is 7.24. The molecule has 3 heteroatoms. The normalized spacial score (nSPS) is 17.3. The summed E-state index contributed by atoms with van der Waals surface area (Å²) in [5.74, 6) is 3.13. The summed E-state index contributed by atoms with van der Waals surface area (Å²) in [6.07, 6.45) is 2.78. The van der Waals surface area contributed by atoms with E-state index in [1.54, 1.807) is 0 Å². The molecule has 2 aromatic rings. The van der Waals surface area contributed by atoms with E-state index in [-0.39, 0.29) is 0 Å². The van der Waals surface area contributed by atoms with Gasteiger partial charge in [0, 0.05) is 6.54 Å². The van der Waals surface area contributed by atoms with Gasteiger partial charge in [-0.3, -0.25) is 0 Å². The molecule has 0 radical (unpaired) electrons. The van der Waals surface area contributed by atoms with Crippen molar-refractivity contribution in [2.45, 2.75) is 39.1 Å². The van der Waals surface area contributed by atoms with Gasteiger partial charge in [-0.2, -0.15) is 0 Å². The van der Waals surface area contributed by atoms with Gasteiger partial charge < -0.3 is 4.57 Å². The lowest BCUT2D eigenvalue weighted by Crippen LogP contribution is -2.11. The van der Waals surface area contributed by atoms with Crippen molar-refractivity contribution < 1.29 is 0 Å². The fraction of sp³-hybridized carbons (Fsp3) is 0.533. The van der Waals surface area contributed by atoms with Crippen LogP contribution >= 0.6 is 11.6 Å². The molecule has 96 valence electrons. The molecule has 1 fully saturated rings. The molecule has 1 saturated carbocycles. The van der Waals surface area contributed by atoms with Gasteiger partial charge in [-0.25, -0.2) is 4.98 Å². The number of benzene rings is 1. The number of halogens is 1. The molecule has 1 atom stereocenters. The molecular formula is C15H19ClN2. The molecule has 1 aliphatic rings. The van der Waals surface area contributed by atoms with Crippen molar-refractivity contribution in [1.82, 2.24) is 9.55 Å².